The second-order valence-corrected chi connectivity index (χ2v) is 6.25. The van der Waals surface area contributed by atoms with Gasteiger partial charge in [0.15, 0.2) is 0 Å². The van der Waals surface area contributed by atoms with Gasteiger partial charge in [-0.2, -0.15) is 0 Å². The van der Waals surface area contributed by atoms with Crippen LogP contribution in [-0.2, 0) is 10.0 Å². The average molecular weight is 248 g/mol. The summed E-state index contributed by atoms with van der Waals surface area (Å²) in [6.07, 6.45) is 0. The molecule has 5 heteroatoms. The third-order valence-corrected chi connectivity index (χ3v) is 4.30. The van der Waals surface area contributed by atoms with Crippen LogP contribution in [0.25, 0.3) is 0 Å². The Labute approximate surface area is 95.5 Å². The summed E-state index contributed by atoms with van der Waals surface area (Å²) in [5.74, 6) is 0. The number of benzene rings is 1. The molecule has 0 aliphatic carbocycles. The summed E-state index contributed by atoms with van der Waals surface area (Å²) < 4.78 is 25.7. The number of nitrogens with one attached hydrogen (secondary N) is 1. The zero-order valence-electron chi connectivity index (χ0n) is 8.91. The fourth-order valence-corrected chi connectivity index (χ4v) is 1.93. The van der Waals surface area contributed by atoms with Crippen LogP contribution in [-0.4, -0.2) is 13.7 Å². The first-order chi connectivity index (χ1) is 6.84. The van der Waals surface area contributed by atoms with Crippen molar-refractivity contribution >= 4 is 27.3 Å². The van der Waals surface area contributed by atoms with Crippen molar-refractivity contribution in [2.45, 2.75) is 26.0 Å². The minimum absolute atomic E-state index is 0.462. The molecule has 15 heavy (non-hydrogen) atoms. The normalized spacial score (nSPS) is 11.8. The molecule has 0 spiro atoms. The van der Waals surface area contributed by atoms with Crippen molar-refractivity contribution in [3.63, 3.8) is 0 Å². The molecular formula is C10H14ClNO2S. The molecular weight excluding hydrogens is 234 g/mol. The van der Waals surface area contributed by atoms with Gasteiger partial charge in [-0.15, -0.1) is 0 Å². The van der Waals surface area contributed by atoms with E-state index in [4.69, 9.17) is 11.6 Å². The molecule has 0 heterocycles. The minimum atomic E-state index is -3.30. The molecule has 0 saturated carbocycles. The summed E-state index contributed by atoms with van der Waals surface area (Å²) in [6, 6.07) is 5.14. The van der Waals surface area contributed by atoms with Crippen molar-refractivity contribution in [1.29, 1.82) is 0 Å². The highest BCUT2D eigenvalue weighted by Gasteiger charge is 2.16. The van der Waals surface area contributed by atoms with Gasteiger partial charge in [0.2, 0.25) is 10.0 Å². The van der Waals surface area contributed by atoms with Crippen molar-refractivity contribution in [2.24, 2.45) is 0 Å². The third kappa shape index (κ3) is 2.86. The highest BCUT2D eigenvalue weighted by molar-refractivity contribution is 7.93. The molecule has 1 rings (SSSR count). The van der Waals surface area contributed by atoms with Crippen molar-refractivity contribution in [1.82, 2.24) is 0 Å². The van der Waals surface area contributed by atoms with Crippen molar-refractivity contribution < 1.29 is 8.42 Å². The Morgan fingerprint density at radius 2 is 1.93 bits per heavy atom. The number of sulfonamides is 1. The van der Waals surface area contributed by atoms with Gasteiger partial charge in [0.1, 0.15) is 0 Å². The van der Waals surface area contributed by atoms with E-state index < -0.39 is 15.3 Å². The van der Waals surface area contributed by atoms with E-state index in [9.17, 15) is 8.42 Å². The Hall–Kier alpha value is -0.740. The molecule has 1 aromatic rings. The van der Waals surface area contributed by atoms with Gasteiger partial charge >= 0.3 is 0 Å². The Kier molecular flexibility index (Phi) is 3.62. The summed E-state index contributed by atoms with van der Waals surface area (Å²) in [4.78, 5) is 0. The topological polar surface area (TPSA) is 46.2 Å². The molecule has 0 atom stereocenters. The Balaban J connectivity index is 3.06. The highest BCUT2D eigenvalue weighted by Crippen LogP contribution is 2.24. The van der Waals surface area contributed by atoms with Gasteiger partial charge in [0, 0.05) is 5.02 Å². The van der Waals surface area contributed by atoms with Gasteiger partial charge in [-0.05, 0) is 38.5 Å². The first-order valence-corrected chi connectivity index (χ1v) is 6.54. The van der Waals surface area contributed by atoms with E-state index in [-0.39, 0.29) is 0 Å². The summed E-state index contributed by atoms with van der Waals surface area (Å²) >= 11 is 5.89. The van der Waals surface area contributed by atoms with Gasteiger partial charge in [0.25, 0.3) is 0 Å². The molecule has 0 fully saturated rings. The standard InChI is InChI=1S/C10H14ClNO2S/c1-7(2)15(13,14)12-10-6-4-5-9(11)8(10)3/h4-7,12H,1-3H3. The van der Waals surface area contributed by atoms with Gasteiger partial charge in [-0.25, -0.2) is 8.42 Å². The van der Waals surface area contributed by atoms with Crippen molar-refractivity contribution in [3.05, 3.63) is 28.8 Å². The Morgan fingerprint density at radius 1 is 1.33 bits per heavy atom. The zero-order valence-corrected chi connectivity index (χ0v) is 10.5. The lowest BCUT2D eigenvalue weighted by atomic mass is 10.2. The second-order valence-electron chi connectivity index (χ2n) is 3.61. The molecule has 1 N–H and O–H groups in total. The van der Waals surface area contributed by atoms with Gasteiger partial charge in [0.05, 0.1) is 10.9 Å². The van der Waals surface area contributed by atoms with E-state index >= 15 is 0 Å². The molecule has 0 aliphatic rings. The molecule has 0 aromatic heterocycles. The van der Waals surface area contributed by atoms with Crippen LogP contribution in [0.3, 0.4) is 0 Å². The van der Waals surface area contributed by atoms with Gasteiger partial charge in [-0.1, -0.05) is 17.7 Å². The Bertz CT molecular complexity index is 454. The fraction of sp³-hybridized carbons (Fsp3) is 0.400. The van der Waals surface area contributed by atoms with E-state index in [1.165, 1.54) is 0 Å². The number of halogens is 1. The lowest BCUT2D eigenvalue weighted by molar-refractivity contribution is 0.592. The SMILES string of the molecule is Cc1c(Cl)cccc1NS(=O)(=O)C(C)C. The van der Waals surface area contributed by atoms with Crippen molar-refractivity contribution in [2.75, 3.05) is 4.72 Å². The van der Waals surface area contributed by atoms with E-state index in [1.54, 1.807) is 39.0 Å². The maximum Gasteiger partial charge on any atom is 0.235 e. The van der Waals surface area contributed by atoms with Crippen LogP contribution in [0.5, 0.6) is 0 Å². The predicted molar refractivity (Wildman–Crippen MR) is 63.9 cm³/mol. The number of anilines is 1. The van der Waals surface area contributed by atoms with Crippen LogP contribution in [0.15, 0.2) is 18.2 Å². The highest BCUT2D eigenvalue weighted by atomic mass is 35.5. The quantitative estimate of drug-likeness (QED) is 0.893. The Morgan fingerprint density at radius 3 is 2.47 bits per heavy atom. The molecule has 0 radical (unpaired) electrons. The van der Waals surface area contributed by atoms with E-state index in [0.29, 0.717) is 10.7 Å². The van der Waals surface area contributed by atoms with Crippen LogP contribution >= 0.6 is 11.6 Å². The first-order valence-electron chi connectivity index (χ1n) is 4.61. The minimum Gasteiger partial charge on any atom is -0.283 e. The lowest BCUT2D eigenvalue weighted by Crippen LogP contribution is -2.22. The number of rotatable bonds is 3. The largest absolute Gasteiger partial charge is 0.283 e. The molecule has 0 unspecified atom stereocenters. The summed E-state index contributed by atoms with van der Waals surface area (Å²) in [5, 5.41) is 0.0924. The molecule has 0 amide bonds. The molecule has 1 aromatic carbocycles. The average Bonchev–Trinajstić information content (AvgIpc) is 2.12. The summed E-state index contributed by atoms with van der Waals surface area (Å²) in [7, 11) is -3.30. The number of hydrogen-bond acceptors (Lipinski definition) is 2. The van der Waals surface area contributed by atoms with Gasteiger partial charge in [-0.3, -0.25) is 4.72 Å². The lowest BCUT2D eigenvalue weighted by Gasteiger charge is -2.13. The van der Waals surface area contributed by atoms with E-state index in [1.807, 2.05) is 0 Å². The summed E-state index contributed by atoms with van der Waals surface area (Å²) in [5.41, 5.74) is 1.28. The molecule has 84 valence electrons. The first kappa shape index (κ1) is 12.3. The van der Waals surface area contributed by atoms with Crippen LogP contribution in [0, 0.1) is 6.92 Å². The predicted octanol–water partition coefficient (Wildman–Crippen LogP) is 2.80. The van der Waals surface area contributed by atoms with Crippen LogP contribution < -0.4 is 4.72 Å². The molecule has 3 nitrogen and oxygen atoms in total. The van der Waals surface area contributed by atoms with Crippen LogP contribution in [0.4, 0.5) is 5.69 Å². The number of hydrogen-bond donors (Lipinski definition) is 1. The van der Waals surface area contributed by atoms with Crippen LogP contribution in [0.2, 0.25) is 5.02 Å². The van der Waals surface area contributed by atoms with E-state index in [0.717, 1.165) is 5.56 Å². The third-order valence-electron chi connectivity index (χ3n) is 2.14. The second kappa shape index (κ2) is 4.41. The zero-order chi connectivity index (χ0) is 11.6. The fourth-order valence-electron chi connectivity index (χ4n) is 0.989. The molecule has 0 saturated heterocycles. The maximum atomic E-state index is 11.6. The maximum absolute atomic E-state index is 11.6. The molecule has 0 aliphatic heterocycles. The van der Waals surface area contributed by atoms with Crippen LogP contribution in [0.1, 0.15) is 19.4 Å². The summed E-state index contributed by atoms with van der Waals surface area (Å²) in [6.45, 7) is 5.03. The monoisotopic (exact) mass is 247 g/mol. The smallest absolute Gasteiger partial charge is 0.235 e. The van der Waals surface area contributed by atoms with Crippen molar-refractivity contribution in [3.8, 4) is 0 Å². The van der Waals surface area contributed by atoms with E-state index in [2.05, 4.69) is 4.72 Å². The van der Waals surface area contributed by atoms with Gasteiger partial charge < -0.3 is 0 Å². The molecule has 0 bridgehead atoms.